The summed E-state index contributed by atoms with van der Waals surface area (Å²) in [6.45, 7) is 5.26. The molecule has 0 fully saturated rings. The van der Waals surface area contributed by atoms with Crippen molar-refractivity contribution < 1.29 is 17.9 Å². The van der Waals surface area contributed by atoms with Gasteiger partial charge in [-0.2, -0.15) is 0 Å². The molecule has 1 atom stereocenters. The van der Waals surface area contributed by atoms with Crippen LogP contribution in [-0.4, -0.2) is 39.7 Å². The van der Waals surface area contributed by atoms with E-state index in [4.69, 9.17) is 9.47 Å². The van der Waals surface area contributed by atoms with Crippen LogP contribution in [-0.2, 0) is 9.84 Å². The molecule has 1 N–H and O–H groups in total. The van der Waals surface area contributed by atoms with Gasteiger partial charge in [-0.1, -0.05) is 13.0 Å². The van der Waals surface area contributed by atoms with Crippen molar-refractivity contribution in [2.75, 3.05) is 31.3 Å². The van der Waals surface area contributed by atoms with Gasteiger partial charge >= 0.3 is 0 Å². The third-order valence-corrected chi connectivity index (χ3v) is 5.08. The second-order valence-electron chi connectivity index (χ2n) is 4.82. The van der Waals surface area contributed by atoms with Crippen molar-refractivity contribution in [1.82, 2.24) is 5.32 Å². The molecule has 0 amide bonds. The average molecular weight is 299 g/mol. The summed E-state index contributed by atoms with van der Waals surface area (Å²) in [5, 5.41) is 3.22. The molecule has 0 bridgehead atoms. The van der Waals surface area contributed by atoms with Gasteiger partial charge in [-0.05, 0) is 24.6 Å². The van der Waals surface area contributed by atoms with E-state index < -0.39 is 9.84 Å². The highest BCUT2D eigenvalue weighted by molar-refractivity contribution is 7.91. The highest BCUT2D eigenvalue weighted by Gasteiger charge is 2.15. The number of ether oxygens (including phenoxy) is 2. The van der Waals surface area contributed by atoms with Crippen molar-refractivity contribution in [2.24, 2.45) is 0 Å². The molecule has 1 heterocycles. The zero-order valence-corrected chi connectivity index (χ0v) is 12.7. The second kappa shape index (κ2) is 6.45. The summed E-state index contributed by atoms with van der Waals surface area (Å²) < 4.78 is 33.9. The zero-order chi connectivity index (χ0) is 14.6. The third-order valence-electron chi connectivity index (χ3n) is 3.37. The molecular formula is C14H21NO4S. The van der Waals surface area contributed by atoms with Gasteiger partial charge in [-0.25, -0.2) is 8.42 Å². The fraction of sp³-hybridized carbons (Fsp3) is 0.571. The lowest BCUT2D eigenvalue weighted by Crippen LogP contribution is -2.26. The summed E-state index contributed by atoms with van der Waals surface area (Å²) in [6, 6.07) is 5.88. The van der Waals surface area contributed by atoms with Crippen molar-refractivity contribution in [3.05, 3.63) is 23.8 Å². The molecule has 1 aliphatic heterocycles. The number of nitrogens with one attached hydrogen (secondary N) is 1. The number of rotatable bonds is 6. The minimum Gasteiger partial charge on any atom is -0.486 e. The van der Waals surface area contributed by atoms with Gasteiger partial charge in [0.2, 0.25) is 0 Å². The van der Waals surface area contributed by atoms with Crippen LogP contribution in [0, 0.1) is 0 Å². The van der Waals surface area contributed by atoms with Crippen LogP contribution >= 0.6 is 0 Å². The number of hydrogen-bond acceptors (Lipinski definition) is 5. The van der Waals surface area contributed by atoms with E-state index in [0.29, 0.717) is 19.8 Å². The summed E-state index contributed by atoms with van der Waals surface area (Å²) in [7, 11) is -2.92. The third kappa shape index (κ3) is 3.86. The molecule has 0 aromatic heterocycles. The maximum absolute atomic E-state index is 11.4. The molecule has 1 aromatic rings. The zero-order valence-electron chi connectivity index (χ0n) is 11.9. The molecule has 2 rings (SSSR count). The summed E-state index contributed by atoms with van der Waals surface area (Å²) in [5.41, 5.74) is 1.06. The van der Waals surface area contributed by atoms with Gasteiger partial charge in [-0.15, -0.1) is 0 Å². The van der Waals surface area contributed by atoms with Crippen molar-refractivity contribution in [3.8, 4) is 11.5 Å². The van der Waals surface area contributed by atoms with Gasteiger partial charge in [0.15, 0.2) is 21.3 Å². The molecule has 6 heteroatoms. The van der Waals surface area contributed by atoms with Crippen molar-refractivity contribution in [2.45, 2.75) is 19.9 Å². The lowest BCUT2D eigenvalue weighted by Gasteiger charge is -2.21. The van der Waals surface area contributed by atoms with E-state index in [2.05, 4.69) is 5.32 Å². The van der Waals surface area contributed by atoms with E-state index >= 15 is 0 Å². The molecule has 0 aliphatic carbocycles. The number of sulfone groups is 1. The first kappa shape index (κ1) is 15.1. The molecule has 5 nitrogen and oxygen atoms in total. The smallest absolute Gasteiger partial charge is 0.161 e. The molecule has 0 radical (unpaired) electrons. The fourth-order valence-electron chi connectivity index (χ4n) is 2.02. The maximum atomic E-state index is 11.4. The van der Waals surface area contributed by atoms with Crippen LogP contribution in [0.1, 0.15) is 25.5 Å². The molecule has 1 aromatic carbocycles. The molecule has 1 aliphatic rings. The molecule has 112 valence electrons. The average Bonchev–Trinajstić information content (AvgIpc) is 2.46. The topological polar surface area (TPSA) is 64.6 Å². The van der Waals surface area contributed by atoms with Gasteiger partial charge in [-0.3, -0.25) is 0 Å². The summed E-state index contributed by atoms with van der Waals surface area (Å²) in [4.78, 5) is 0. The number of benzene rings is 1. The Kier molecular flexibility index (Phi) is 4.88. The second-order valence-corrected chi connectivity index (χ2v) is 7.29. The Morgan fingerprint density at radius 3 is 2.65 bits per heavy atom. The highest BCUT2D eigenvalue weighted by Crippen LogP contribution is 2.32. The summed E-state index contributed by atoms with van der Waals surface area (Å²) >= 11 is 0. The van der Waals surface area contributed by atoms with Crippen molar-refractivity contribution >= 4 is 9.84 Å². The lowest BCUT2D eigenvalue weighted by atomic mass is 10.1. The van der Waals surface area contributed by atoms with E-state index in [-0.39, 0.29) is 17.5 Å². The van der Waals surface area contributed by atoms with Crippen molar-refractivity contribution in [1.29, 1.82) is 0 Å². The first-order valence-corrected chi connectivity index (χ1v) is 8.67. The molecule has 0 saturated carbocycles. The molecule has 20 heavy (non-hydrogen) atoms. The Hall–Kier alpha value is -1.27. The predicted octanol–water partition coefficient (Wildman–Crippen LogP) is 1.54. The number of hydrogen-bond donors (Lipinski definition) is 1. The number of fused-ring (bicyclic) bond motifs is 1. The van der Waals surface area contributed by atoms with Crippen LogP contribution in [0.2, 0.25) is 0 Å². The first-order chi connectivity index (χ1) is 9.52. The van der Waals surface area contributed by atoms with Crippen LogP contribution in [0.4, 0.5) is 0 Å². The van der Waals surface area contributed by atoms with Crippen LogP contribution in [0.3, 0.4) is 0 Å². The quantitative estimate of drug-likeness (QED) is 0.863. The Labute approximate surface area is 120 Å². The monoisotopic (exact) mass is 299 g/mol. The minimum absolute atomic E-state index is 0.0675. The minimum atomic E-state index is -2.92. The Morgan fingerprint density at radius 1 is 1.25 bits per heavy atom. The van der Waals surface area contributed by atoms with E-state index in [1.807, 2.05) is 25.1 Å². The summed E-state index contributed by atoms with van der Waals surface area (Å²) in [5.74, 6) is 1.87. The largest absolute Gasteiger partial charge is 0.486 e. The van der Waals surface area contributed by atoms with Gasteiger partial charge in [0.1, 0.15) is 13.2 Å². The predicted molar refractivity (Wildman–Crippen MR) is 78.2 cm³/mol. The van der Waals surface area contributed by atoms with Crippen LogP contribution in [0.5, 0.6) is 11.5 Å². The van der Waals surface area contributed by atoms with E-state index in [1.54, 1.807) is 6.92 Å². The van der Waals surface area contributed by atoms with E-state index in [0.717, 1.165) is 17.1 Å². The molecule has 0 saturated heterocycles. The van der Waals surface area contributed by atoms with Crippen LogP contribution in [0.25, 0.3) is 0 Å². The first-order valence-electron chi connectivity index (χ1n) is 6.85. The van der Waals surface area contributed by atoms with Crippen molar-refractivity contribution in [3.63, 3.8) is 0 Å². The van der Waals surface area contributed by atoms with Gasteiger partial charge in [0, 0.05) is 18.3 Å². The standard InChI is InChI=1S/C14H21NO4S/c1-3-20(16,17)9-6-15-11(2)12-4-5-13-14(10-12)19-8-7-18-13/h4-5,10-11,15H,3,6-9H2,1-2H3. The Bertz CT molecular complexity index is 556. The van der Waals surface area contributed by atoms with E-state index in [9.17, 15) is 8.42 Å². The fourth-order valence-corrected chi connectivity index (χ4v) is 2.74. The highest BCUT2D eigenvalue weighted by atomic mass is 32.2. The molecular weight excluding hydrogens is 278 g/mol. The van der Waals surface area contributed by atoms with Crippen LogP contribution in [0.15, 0.2) is 18.2 Å². The maximum Gasteiger partial charge on any atom is 0.161 e. The SMILES string of the molecule is CCS(=O)(=O)CCNC(C)c1ccc2c(c1)OCCO2. The Morgan fingerprint density at radius 2 is 1.95 bits per heavy atom. The molecule has 0 spiro atoms. The lowest BCUT2D eigenvalue weighted by molar-refractivity contribution is 0.171. The van der Waals surface area contributed by atoms with Crippen LogP contribution < -0.4 is 14.8 Å². The molecule has 1 unspecified atom stereocenters. The Balaban J connectivity index is 1.94. The van der Waals surface area contributed by atoms with Gasteiger partial charge < -0.3 is 14.8 Å². The normalized spacial score (nSPS) is 15.9. The summed E-state index contributed by atoms with van der Waals surface area (Å²) in [6.07, 6.45) is 0. The van der Waals surface area contributed by atoms with E-state index in [1.165, 1.54) is 0 Å². The van der Waals surface area contributed by atoms with Gasteiger partial charge in [0.25, 0.3) is 0 Å². The van der Waals surface area contributed by atoms with Gasteiger partial charge in [0.05, 0.1) is 5.75 Å².